The second-order valence-electron chi connectivity index (χ2n) is 6.60. The van der Waals surface area contributed by atoms with Crippen LogP contribution in [-0.4, -0.2) is 34.9 Å². The highest BCUT2D eigenvalue weighted by molar-refractivity contribution is 6.10. The molecule has 0 saturated heterocycles. The van der Waals surface area contributed by atoms with Gasteiger partial charge in [-0.15, -0.1) is 0 Å². The molecule has 4 rings (SSSR count). The quantitative estimate of drug-likeness (QED) is 0.610. The normalized spacial score (nSPS) is 15.2. The summed E-state index contributed by atoms with van der Waals surface area (Å²) in [7, 11) is 0. The number of pyridine rings is 1. The molecule has 0 fully saturated rings. The van der Waals surface area contributed by atoms with Gasteiger partial charge in [0.2, 0.25) is 5.91 Å². The van der Waals surface area contributed by atoms with Crippen molar-refractivity contribution < 1.29 is 14.0 Å². The van der Waals surface area contributed by atoms with Gasteiger partial charge in [0.15, 0.2) is 0 Å². The van der Waals surface area contributed by atoms with E-state index in [2.05, 4.69) is 20.6 Å². The summed E-state index contributed by atoms with van der Waals surface area (Å²) < 4.78 is 13.8. The molecule has 3 aromatic rings. The number of nitrogens with zero attached hydrogens (tertiary/aromatic N) is 1. The summed E-state index contributed by atoms with van der Waals surface area (Å²) in [4.78, 5) is 32.0. The average molecular weight is 378 g/mol. The van der Waals surface area contributed by atoms with E-state index in [9.17, 15) is 14.0 Å². The van der Waals surface area contributed by atoms with Gasteiger partial charge >= 0.3 is 0 Å². The highest BCUT2D eigenvalue weighted by Crippen LogP contribution is 2.32. The smallest absolute Gasteiger partial charge is 0.268 e. The Bertz CT molecular complexity index is 1070. The minimum Gasteiger partial charge on any atom is -0.352 e. The number of aromatic amines is 1. The number of benzene rings is 1. The molecule has 2 amide bonds. The van der Waals surface area contributed by atoms with Crippen LogP contribution in [0.25, 0.3) is 16.5 Å². The molecule has 0 saturated carbocycles. The molecule has 3 N–H and O–H groups in total. The first-order valence-electron chi connectivity index (χ1n) is 9.10. The molecular weight excluding hydrogens is 359 g/mol. The van der Waals surface area contributed by atoms with Crippen LogP contribution in [0.4, 0.5) is 4.39 Å². The summed E-state index contributed by atoms with van der Waals surface area (Å²) in [6.07, 6.45) is 4.32. The third-order valence-corrected chi connectivity index (χ3v) is 4.70. The van der Waals surface area contributed by atoms with E-state index in [0.29, 0.717) is 53.7 Å². The van der Waals surface area contributed by atoms with Crippen LogP contribution >= 0.6 is 0 Å². The van der Waals surface area contributed by atoms with Crippen molar-refractivity contribution in [1.82, 2.24) is 20.6 Å². The predicted octanol–water partition coefficient (Wildman–Crippen LogP) is 2.58. The summed E-state index contributed by atoms with van der Waals surface area (Å²) in [6, 6.07) is 9.96. The third-order valence-electron chi connectivity index (χ3n) is 4.70. The highest BCUT2D eigenvalue weighted by atomic mass is 19.1. The van der Waals surface area contributed by atoms with Crippen molar-refractivity contribution in [2.45, 2.75) is 12.8 Å². The Morgan fingerprint density at radius 1 is 1.29 bits per heavy atom. The van der Waals surface area contributed by atoms with Gasteiger partial charge in [0.1, 0.15) is 11.5 Å². The van der Waals surface area contributed by atoms with Crippen molar-refractivity contribution in [2.75, 3.05) is 13.1 Å². The van der Waals surface area contributed by atoms with Crippen molar-refractivity contribution in [3.8, 4) is 0 Å². The summed E-state index contributed by atoms with van der Waals surface area (Å²) in [5.74, 6) is -0.902. The summed E-state index contributed by atoms with van der Waals surface area (Å²) >= 11 is 0. The van der Waals surface area contributed by atoms with E-state index in [4.69, 9.17) is 0 Å². The van der Waals surface area contributed by atoms with Crippen molar-refractivity contribution in [2.24, 2.45) is 0 Å². The molecule has 0 bridgehead atoms. The molecule has 7 heteroatoms. The Morgan fingerprint density at radius 2 is 2.18 bits per heavy atom. The van der Waals surface area contributed by atoms with Gasteiger partial charge in [-0.3, -0.25) is 14.6 Å². The first kappa shape index (κ1) is 17.9. The zero-order chi connectivity index (χ0) is 19.5. The number of carbonyl (C=O) groups is 2. The van der Waals surface area contributed by atoms with Crippen LogP contribution in [0, 0.1) is 5.82 Å². The average Bonchev–Trinajstić information content (AvgIpc) is 2.99. The number of rotatable bonds is 4. The Kier molecular flexibility index (Phi) is 4.89. The van der Waals surface area contributed by atoms with Crippen LogP contribution in [0.15, 0.2) is 48.7 Å². The fourth-order valence-electron chi connectivity index (χ4n) is 3.41. The second kappa shape index (κ2) is 7.64. The number of hydrogen-bond acceptors (Lipinski definition) is 3. The Labute approximate surface area is 160 Å². The lowest BCUT2D eigenvalue weighted by Crippen LogP contribution is -2.24. The number of amides is 2. The maximum atomic E-state index is 13.8. The van der Waals surface area contributed by atoms with Gasteiger partial charge in [0, 0.05) is 53.9 Å². The number of halogens is 1. The second-order valence-corrected chi connectivity index (χ2v) is 6.60. The summed E-state index contributed by atoms with van der Waals surface area (Å²) in [5.41, 5.74) is 3.19. The number of fused-ring (bicyclic) bond motifs is 3. The van der Waals surface area contributed by atoms with Gasteiger partial charge in [-0.05, 0) is 42.3 Å². The fourth-order valence-corrected chi connectivity index (χ4v) is 3.41. The first-order valence-corrected chi connectivity index (χ1v) is 9.10. The van der Waals surface area contributed by atoms with Gasteiger partial charge in [-0.1, -0.05) is 6.07 Å². The number of aromatic nitrogens is 2. The first-order chi connectivity index (χ1) is 13.6. The van der Waals surface area contributed by atoms with Gasteiger partial charge in [-0.2, -0.15) is 0 Å². The van der Waals surface area contributed by atoms with Gasteiger partial charge < -0.3 is 15.6 Å². The number of hydrogen-bond donors (Lipinski definition) is 3. The van der Waals surface area contributed by atoms with Crippen molar-refractivity contribution in [1.29, 1.82) is 0 Å². The summed E-state index contributed by atoms with van der Waals surface area (Å²) in [5, 5.41) is 6.24. The molecule has 0 radical (unpaired) electrons. The molecule has 2 aromatic heterocycles. The summed E-state index contributed by atoms with van der Waals surface area (Å²) in [6.45, 7) is 0.859. The number of carbonyl (C=O) groups excluding carboxylic acids is 2. The monoisotopic (exact) mass is 378 g/mol. The van der Waals surface area contributed by atoms with Crippen molar-refractivity contribution in [3.05, 3.63) is 71.4 Å². The largest absolute Gasteiger partial charge is 0.352 e. The fraction of sp³-hybridized carbons (Fsp3) is 0.190. The van der Waals surface area contributed by atoms with Gasteiger partial charge in [0.05, 0.1) is 0 Å². The highest BCUT2D eigenvalue weighted by Gasteiger charge is 2.24. The molecule has 0 spiro atoms. The van der Waals surface area contributed by atoms with E-state index in [1.165, 1.54) is 18.2 Å². The van der Waals surface area contributed by atoms with Crippen molar-refractivity contribution >= 4 is 28.3 Å². The minimum atomic E-state index is -0.391. The lowest BCUT2D eigenvalue weighted by atomic mass is 9.99. The SMILES string of the molecule is O=C(/C=C1/CCNC(=O)c2[nH]c3ccc(F)cc3c21)NCCc1ccccn1. The van der Waals surface area contributed by atoms with E-state index in [0.717, 1.165) is 5.69 Å². The van der Waals surface area contributed by atoms with E-state index in [1.807, 2.05) is 18.2 Å². The third kappa shape index (κ3) is 3.64. The lowest BCUT2D eigenvalue weighted by Gasteiger charge is -2.06. The molecule has 6 nitrogen and oxygen atoms in total. The topological polar surface area (TPSA) is 86.9 Å². The predicted molar refractivity (Wildman–Crippen MR) is 104 cm³/mol. The number of H-pyrrole nitrogens is 1. The molecule has 1 aliphatic rings. The van der Waals surface area contributed by atoms with E-state index in [-0.39, 0.29) is 11.8 Å². The molecule has 0 unspecified atom stereocenters. The van der Waals surface area contributed by atoms with Crippen LogP contribution in [0.5, 0.6) is 0 Å². The molecule has 142 valence electrons. The van der Waals surface area contributed by atoms with Crippen molar-refractivity contribution in [3.63, 3.8) is 0 Å². The molecule has 1 aliphatic heterocycles. The molecule has 28 heavy (non-hydrogen) atoms. The van der Waals surface area contributed by atoms with Crippen LogP contribution in [0.3, 0.4) is 0 Å². The Morgan fingerprint density at radius 3 is 3.00 bits per heavy atom. The Hall–Kier alpha value is -3.48. The van der Waals surface area contributed by atoms with Crippen LogP contribution in [0.2, 0.25) is 0 Å². The minimum absolute atomic E-state index is 0.253. The van der Waals surface area contributed by atoms with Crippen LogP contribution in [0.1, 0.15) is 28.2 Å². The molecule has 0 atom stereocenters. The van der Waals surface area contributed by atoms with Gasteiger partial charge in [0.25, 0.3) is 5.91 Å². The Balaban J connectivity index is 1.59. The van der Waals surface area contributed by atoms with E-state index < -0.39 is 5.82 Å². The van der Waals surface area contributed by atoms with Gasteiger partial charge in [-0.25, -0.2) is 4.39 Å². The lowest BCUT2D eigenvalue weighted by molar-refractivity contribution is -0.116. The molecule has 0 aliphatic carbocycles. The van der Waals surface area contributed by atoms with Crippen LogP contribution in [-0.2, 0) is 11.2 Å². The standard InChI is InChI=1S/C21H19FN4O2/c22-14-4-5-17-16(12-14)19-13(6-9-25-21(28)20(19)26-17)11-18(27)24-10-7-15-3-1-2-8-23-15/h1-5,8,11-12,26H,6-7,9-10H2,(H,24,27)(H,25,28)/b13-11-. The maximum absolute atomic E-state index is 13.8. The molecule has 1 aromatic carbocycles. The molecule has 3 heterocycles. The zero-order valence-corrected chi connectivity index (χ0v) is 15.1. The molecular formula is C21H19FN4O2. The maximum Gasteiger partial charge on any atom is 0.268 e. The number of nitrogens with one attached hydrogen (secondary N) is 3. The zero-order valence-electron chi connectivity index (χ0n) is 15.1. The van der Waals surface area contributed by atoms with Crippen LogP contribution < -0.4 is 10.6 Å². The van der Waals surface area contributed by atoms with E-state index >= 15 is 0 Å². The van der Waals surface area contributed by atoms with E-state index in [1.54, 1.807) is 12.3 Å².